The number of hydrogen-bond donors (Lipinski definition) is 1. The first-order valence-electron chi connectivity index (χ1n) is 9.55. The van der Waals surface area contributed by atoms with Gasteiger partial charge >= 0.3 is 0 Å². The molecule has 0 saturated heterocycles. The summed E-state index contributed by atoms with van der Waals surface area (Å²) in [5.41, 5.74) is 0.621. The van der Waals surface area contributed by atoms with Gasteiger partial charge in [0.2, 0.25) is 26.6 Å². The van der Waals surface area contributed by atoms with Gasteiger partial charge in [0.15, 0.2) is 0 Å². The van der Waals surface area contributed by atoms with Crippen molar-refractivity contribution in [1.82, 2.24) is 4.98 Å². The number of nitrogens with zero attached hydrogens (tertiary/aromatic N) is 1. The molecule has 0 bridgehead atoms. The van der Waals surface area contributed by atoms with Gasteiger partial charge in [0, 0.05) is 5.69 Å². The standard InChI is InChI=1S/C23H19FN2O4S/c1-2-29-17-14-12-16(13-15-17)25-22-23(31(27,28)18-8-4-3-5-9-18)26-21(30-22)19-10-6-7-11-20(19)24/h3-15,25H,2H2,1H3. The van der Waals surface area contributed by atoms with Crippen molar-refractivity contribution in [2.75, 3.05) is 11.9 Å². The Morgan fingerprint density at radius 1 is 0.968 bits per heavy atom. The molecule has 0 saturated carbocycles. The molecule has 4 rings (SSSR count). The first kappa shape index (κ1) is 20.6. The number of hydrogen-bond acceptors (Lipinski definition) is 6. The third-order valence-corrected chi connectivity index (χ3v) is 6.11. The van der Waals surface area contributed by atoms with Crippen LogP contribution in [0.15, 0.2) is 93.2 Å². The van der Waals surface area contributed by atoms with Crippen molar-refractivity contribution in [3.05, 3.63) is 84.7 Å². The summed E-state index contributed by atoms with van der Waals surface area (Å²) in [5.74, 6) is -0.137. The number of rotatable bonds is 7. The first-order valence-corrected chi connectivity index (χ1v) is 11.0. The summed E-state index contributed by atoms with van der Waals surface area (Å²) in [4.78, 5) is 4.20. The van der Waals surface area contributed by atoms with Gasteiger partial charge in [0.25, 0.3) is 0 Å². The van der Waals surface area contributed by atoms with E-state index in [-0.39, 0.29) is 27.3 Å². The molecule has 158 valence electrons. The Bertz CT molecular complexity index is 1290. The van der Waals surface area contributed by atoms with Gasteiger partial charge < -0.3 is 14.5 Å². The molecule has 6 nitrogen and oxygen atoms in total. The highest BCUT2D eigenvalue weighted by atomic mass is 32.2. The van der Waals surface area contributed by atoms with Crippen LogP contribution in [0.4, 0.5) is 16.0 Å². The van der Waals surface area contributed by atoms with Crippen molar-refractivity contribution in [3.63, 3.8) is 0 Å². The summed E-state index contributed by atoms with van der Waals surface area (Å²) < 4.78 is 51.9. The molecule has 8 heteroatoms. The summed E-state index contributed by atoms with van der Waals surface area (Å²) in [6, 6.07) is 20.7. The van der Waals surface area contributed by atoms with Crippen LogP contribution in [0.2, 0.25) is 0 Å². The van der Waals surface area contributed by atoms with Gasteiger partial charge in [0.1, 0.15) is 11.6 Å². The van der Waals surface area contributed by atoms with Crippen LogP contribution in [0.5, 0.6) is 5.75 Å². The molecule has 0 aliphatic carbocycles. The van der Waals surface area contributed by atoms with Crippen molar-refractivity contribution in [1.29, 1.82) is 0 Å². The summed E-state index contributed by atoms with van der Waals surface area (Å²) in [5, 5.41) is 2.61. The van der Waals surface area contributed by atoms with Crippen LogP contribution in [0.25, 0.3) is 11.5 Å². The number of nitrogens with one attached hydrogen (secondary N) is 1. The smallest absolute Gasteiger partial charge is 0.238 e. The molecule has 1 N–H and O–H groups in total. The van der Waals surface area contributed by atoms with Crippen molar-refractivity contribution in [2.24, 2.45) is 0 Å². The van der Waals surface area contributed by atoms with E-state index >= 15 is 0 Å². The van der Waals surface area contributed by atoms with Gasteiger partial charge in [-0.3, -0.25) is 0 Å². The van der Waals surface area contributed by atoms with Gasteiger partial charge in [-0.2, -0.15) is 4.98 Å². The fourth-order valence-corrected chi connectivity index (χ4v) is 4.24. The lowest BCUT2D eigenvalue weighted by Crippen LogP contribution is -2.05. The molecule has 0 aliphatic rings. The Morgan fingerprint density at radius 2 is 1.65 bits per heavy atom. The van der Waals surface area contributed by atoms with E-state index in [4.69, 9.17) is 9.15 Å². The topological polar surface area (TPSA) is 81.4 Å². The molecule has 1 heterocycles. The molecule has 0 atom stereocenters. The van der Waals surface area contributed by atoms with Gasteiger partial charge in [-0.1, -0.05) is 30.3 Å². The molecular weight excluding hydrogens is 419 g/mol. The second kappa shape index (κ2) is 8.61. The summed E-state index contributed by atoms with van der Waals surface area (Å²) in [7, 11) is -4.02. The lowest BCUT2D eigenvalue weighted by molar-refractivity contribution is 0.340. The first-order chi connectivity index (χ1) is 15.0. The zero-order chi connectivity index (χ0) is 21.8. The van der Waals surface area contributed by atoms with Crippen LogP contribution < -0.4 is 10.1 Å². The fraction of sp³-hybridized carbons (Fsp3) is 0.0870. The number of ether oxygens (including phenoxy) is 1. The van der Waals surface area contributed by atoms with Crippen molar-refractivity contribution in [2.45, 2.75) is 16.8 Å². The minimum Gasteiger partial charge on any atom is -0.494 e. The van der Waals surface area contributed by atoms with E-state index in [2.05, 4.69) is 10.3 Å². The highest BCUT2D eigenvalue weighted by Gasteiger charge is 2.29. The van der Waals surface area contributed by atoms with Crippen LogP contribution in [-0.4, -0.2) is 20.0 Å². The minimum atomic E-state index is -4.02. The molecule has 4 aromatic rings. The zero-order valence-corrected chi connectivity index (χ0v) is 17.4. The minimum absolute atomic E-state index is 0.0538. The number of benzene rings is 3. The van der Waals surface area contributed by atoms with Crippen molar-refractivity contribution < 1.29 is 22.0 Å². The van der Waals surface area contributed by atoms with Crippen LogP contribution in [-0.2, 0) is 9.84 Å². The predicted octanol–water partition coefficient (Wildman–Crippen LogP) is 5.46. The summed E-state index contributed by atoms with van der Waals surface area (Å²) in [6.07, 6.45) is 0. The largest absolute Gasteiger partial charge is 0.494 e. The molecule has 3 aromatic carbocycles. The number of sulfone groups is 1. The van der Waals surface area contributed by atoms with Crippen LogP contribution in [0.1, 0.15) is 6.92 Å². The average Bonchev–Trinajstić information content (AvgIpc) is 3.20. The summed E-state index contributed by atoms with van der Waals surface area (Å²) >= 11 is 0. The van der Waals surface area contributed by atoms with Crippen molar-refractivity contribution >= 4 is 21.4 Å². The van der Waals surface area contributed by atoms with Crippen molar-refractivity contribution in [3.8, 4) is 17.2 Å². The molecule has 0 amide bonds. The Hall–Kier alpha value is -3.65. The lowest BCUT2D eigenvalue weighted by Gasteiger charge is -2.07. The van der Waals surface area contributed by atoms with E-state index in [1.165, 1.54) is 30.3 Å². The van der Waals surface area contributed by atoms with Gasteiger partial charge in [-0.05, 0) is 55.5 Å². The molecule has 31 heavy (non-hydrogen) atoms. The third-order valence-electron chi connectivity index (χ3n) is 4.43. The summed E-state index contributed by atoms with van der Waals surface area (Å²) in [6.45, 7) is 2.41. The van der Waals surface area contributed by atoms with Crippen LogP contribution in [0.3, 0.4) is 0 Å². The molecule has 1 aromatic heterocycles. The van der Waals surface area contributed by atoms with Gasteiger partial charge in [-0.25, -0.2) is 12.8 Å². The number of oxazole rings is 1. The zero-order valence-electron chi connectivity index (χ0n) is 16.6. The third kappa shape index (κ3) is 4.29. The second-order valence-corrected chi connectivity index (χ2v) is 8.40. The number of halogens is 1. The maximum absolute atomic E-state index is 14.3. The quantitative estimate of drug-likeness (QED) is 0.413. The maximum atomic E-state index is 14.3. The van der Waals surface area contributed by atoms with Gasteiger partial charge in [-0.15, -0.1) is 0 Å². The molecule has 0 aliphatic heterocycles. The highest BCUT2D eigenvalue weighted by molar-refractivity contribution is 7.91. The van der Waals surface area contributed by atoms with Crippen LogP contribution >= 0.6 is 0 Å². The van der Waals surface area contributed by atoms with Crippen LogP contribution in [0, 0.1) is 5.82 Å². The molecule has 0 fully saturated rings. The van der Waals surface area contributed by atoms with E-state index in [1.807, 2.05) is 6.92 Å². The predicted molar refractivity (Wildman–Crippen MR) is 115 cm³/mol. The Morgan fingerprint density at radius 3 is 2.32 bits per heavy atom. The van der Waals surface area contributed by atoms with E-state index in [1.54, 1.807) is 48.5 Å². The maximum Gasteiger partial charge on any atom is 0.238 e. The Labute approximate surface area is 179 Å². The molecule has 0 radical (unpaired) electrons. The molecule has 0 unspecified atom stereocenters. The Balaban J connectivity index is 1.80. The fourth-order valence-electron chi connectivity index (χ4n) is 2.96. The number of aromatic nitrogens is 1. The molecule has 0 spiro atoms. The average molecular weight is 438 g/mol. The normalized spacial score (nSPS) is 11.3. The van der Waals surface area contributed by atoms with E-state index in [0.717, 1.165) is 0 Å². The second-order valence-electron chi connectivity index (χ2n) is 6.53. The highest BCUT2D eigenvalue weighted by Crippen LogP contribution is 2.35. The van der Waals surface area contributed by atoms with E-state index < -0.39 is 15.7 Å². The SMILES string of the molecule is CCOc1ccc(Nc2oc(-c3ccccc3F)nc2S(=O)(=O)c2ccccc2)cc1. The van der Waals surface area contributed by atoms with E-state index in [9.17, 15) is 12.8 Å². The number of anilines is 2. The Kier molecular flexibility index (Phi) is 5.73. The lowest BCUT2D eigenvalue weighted by atomic mass is 10.2. The van der Waals surface area contributed by atoms with Gasteiger partial charge in [0.05, 0.1) is 17.1 Å². The monoisotopic (exact) mass is 438 g/mol. The van der Waals surface area contributed by atoms with E-state index in [0.29, 0.717) is 18.0 Å². The molecular formula is C23H19FN2O4S.